The number of aromatic nitrogens is 1. The lowest BCUT2D eigenvalue weighted by Crippen LogP contribution is -2.29. The zero-order valence-corrected chi connectivity index (χ0v) is 18.9. The van der Waals surface area contributed by atoms with Crippen LogP contribution in [0, 0.1) is 6.92 Å². The predicted molar refractivity (Wildman–Crippen MR) is 127 cm³/mol. The van der Waals surface area contributed by atoms with Crippen molar-refractivity contribution < 1.29 is 24.2 Å². The number of aryl methyl sites for hydroxylation is 1. The number of carbonyl (C=O) groups is 3. The van der Waals surface area contributed by atoms with Crippen LogP contribution in [0.15, 0.2) is 72.6 Å². The fourth-order valence-electron chi connectivity index (χ4n) is 4.06. The summed E-state index contributed by atoms with van der Waals surface area (Å²) in [7, 11) is 1.54. The molecule has 0 spiro atoms. The van der Waals surface area contributed by atoms with E-state index in [2.05, 4.69) is 10.3 Å². The van der Waals surface area contributed by atoms with Crippen molar-refractivity contribution in [3.8, 4) is 5.75 Å². The zero-order chi connectivity index (χ0) is 24.4. The Kier molecular flexibility index (Phi) is 6.14. The Labute approximate surface area is 196 Å². The van der Waals surface area contributed by atoms with Gasteiger partial charge < -0.3 is 15.2 Å². The quantitative estimate of drug-likeness (QED) is 0.341. The van der Waals surface area contributed by atoms with E-state index in [1.165, 1.54) is 18.9 Å². The Hall–Kier alpha value is -4.46. The van der Waals surface area contributed by atoms with Crippen molar-refractivity contribution in [2.75, 3.05) is 17.3 Å². The highest BCUT2D eigenvalue weighted by Gasteiger charge is 2.47. The van der Waals surface area contributed by atoms with Crippen LogP contribution in [0.2, 0.25) is 0 Å². The van der Waals surface area contributed by atoms with E-state index in [1.807, 2.05) is 0 Å². The van der Waals surface area contributed by atoms with Gasteiger partial charge >= 0.3 is 0 Å². The number of benzene rings is 2. The molecule has 8 nitrogen and oxygen atoms in total. The van der Waals surface area contributed by atoms with Gasteiger partial charge in [-0.1, -0.05) is 12.1 Å². The minimum absolute atomic E-state index is 0.0452. The molecule has 172 valence electrons. The molecule has 2 aromatic carbocycles. The van der Waals surface area contributed by atoms with Crippen LogP contribution in [-0.2, 0) is 14.4 Å². The second kappa shape index (κ2) is 9.19. The molecule has 2 N–H and O–H groups in total. The number of aliphatic hydroxyl groups is 1. The first kappa shape index (κ1) is 22.7. The van der Waals surface area contributed by atoms with Crippen molar-refractivity contribution in [1.29, 1.82) is 0 Å². The maximum Gasteiger partial charge on any atom is 0.300 e. The maximum absolute atomic E-state index is 13.3. The molecule has 2 amide bonds. The number of anilines is 2. The lowest BCUT2D eigenvalue weighted by Gasteiger charge is -2.25. The van der Waals surface area contributed by atoms with E-state index in [1.54, 1.807) is 73.9 Å². The zero-order valence-electron chi connectivity index (χ0n) is 18.9. The molecule has 0 bridgehead atoms. The normalized spacial score (nSPS) is 17.0. The molecule has 0 radical (unpaired) electrons. The number of nitrogens with one attached hydrogen (secondary N) is 1. The number of hydrogen-bond donors (Lipinski definition) is 2. The number of hydrogen-bond acceptors (Lipinski definition) is 6. The van der Waals surface area contributed by atoms with Crippen molar-refractivity contribution in [3.05, 3.63) is 89.3 Å². The Morgan fingerprint density at radius 2 is 1.91 bits per heavy atom. The van der Waals surface area contributed by atoms with Crippen LogP contribution in [0.5, 0.6) is 5.75 Å². The summed E-state index contributed by atoms with van der Waals surface area (Å²) in [5, 5.41) is 14.0. The van der Waals surface area contributed by atoms with Crippen LogP contribution in [0.4, 0.5) is 11.4 Å². The Morgan fingerprint density at radius 1 is 1.12 bits per heavy atom. The first-order valence-corrected chi connectivity index (χ1v) is 10.6. The van der Waals surface area contributed by atoms with Crippen LogP contribution in [-0.4, -0.2) is 34.8 Å². The minimum Gasteiger partial charge on any atom is -0.507 e. The number of pyridine rings is 1. The highest BCUT2D eigenvalue weighted by molar-refractivity contribution is 6.51. The largest absolute Gasteiger partial charge is 0.507 e. The number of aliphatic hydroxyl groups excluding tert-OH is 1. The van der Waals surface area contributed by atoms with Crippen molar-refractivity contribution in [1.82, 2.24) is 4.98 Å². The molecular weight excluding hydrogens is 434 g/mol. The van der Waals surface area contributed by atoms with Gasteiger partial charge in [0.15, 0.2) is 0 Å². The average molecular weight is 457 g/mol. The third-order valence-electron chi connectivity index (χ3n) is 5.58. The summed E-state index contributed by atoms with van der Waals surface area (Å²) >= 11 is 0. The standard InChI is InChI=1S/C26H23N3O5/c1-15-12-20(34-3)9-10-21(15)24(31)22-23(17-6-5-11-27-14-17)29(26(33)25(22)32)19-8-4-7-18(13-19)28-16(2)30/h4-14,23,31H,1-3H3,(H,28,30)/b24-22-. The minimum atomic E-state index is -0.914. The van der Waals surface area contributed by atoms with Crippen molar-refractivity contribution in [2.45, 2.75) is 19.9 Å². The van der Waals surface area contributed by atoms with Crippen LogP contribution < -0.4 is 15.0 Å². The molecule has 1 aromatic heterocycles. The molecule has 1 aliphatic heterocycles. The number of Topliss-reactive ketones (excluding diaryl/α,β-unsaturated/α-hetero) is 1. The lowest BCUT2D eigenvalue weighted by molar-refractivity contribution is -0.132. The molecule has 0 saturated carbocycles. The summed E-state index contributed by atoms with van der Waals surface area (Å²) in [5.41, 5.74) is 2.48. The molecule has 3 aromatic rings. The highest BCUT2D eigenvalue weighted by atomic mass is 16.5. The maximum atomic E-state index is 13.3. The monoisotopic (exact) mass is 457 g/mol. The van der Waals surface area contributed by atoms with Crippen LogP contribution in [0.3, 0.4) is 0 Å². The summed E-state index contributed by atoms with van der Waals surface area (Å²) < 4.78 is 5.23. The highest BCUT2D eigenvalue weighted by Crippen LogP contribution is 2.42. The Bertz CT molecular complexity index is 1320. The van der Waals surface area contributed by atoms with Gasteiger partial charge in [0.2, 0.25) is 5.91 Å². The molecule has 2 heterocycles. The number of carbonyl (C=O) groups excluding carboxylic acids is 3. The summed E-state index contributed by atoms with van der Waals surface area (Å²) in [6.07, 6.45) is 3.13. The molecule has 1 atom stereocenters. The van der Waals surface area contributed by atoms with Gasteiger partial charge in [-0.25, -0.2) is 0 Å². The summed E-state index contributed by atoms with van der Waals surface area (Å²) in [5.74, 6) is -1.55. The third-order valence-corrected chi connectivity index (χ3v) is 5.58. The number of rotatable bonds is 5. The van der Waals surface area contributed by atoms with E-state index < -0.39 is 17.7 Å². The van der Waals surface area contributed by atoms with E-state index in [0.29, 0.717) is 33.8 Å². The molecule has 4 rings (SSSR count). The molecule has 0 aliphatic carbocycles. The Balaban J connectivity index is 1.91. The van der Waals surface area contributed by atoms with Gasteiger partial charge in [0.05, 0.1) is 18.7 Å². The second-order valence-corrected chi connectivity index (χ2v) is 7.87. The first-order valence-electron chi connectivity index (χ1n) is 10.6. The van der Waals surface area contributed by atoms with Crippen molar-refractivity contribution in [3.63, 3.8) is 0 Å². The van der Waals surface area contributed by atoms with Crippen LogP contribution in [0.25, 0.3) is 5.76 Å². The SMILES string of the molecule is COc1ccc(/C(O)=C2/C(=O)C(=O)N(c3cccc(NC(C)=O)c3)C2c2cccnc2)c(C)c1. The average Bonchev–Trinajstić information content (AvgIpc) is 3.09. The van der Waals surface area contributed by atoms with E-state index in [4.69, 9.17) is 4.74 Å². The number of nitrogens with zero attached hydrogens (tertiary/aromatic N) is 2. The number of ether oxygens (including phenoxy) is 1. The van der Waals surface area contributed by atoms with E-state index in [0.717, 1.165) is 0 Å². The lowest BCUT2D eigenvalue weighted by atomic mass is 9.94. The fourth-order valence-corrected chi connectivity index (χ4v) is 4.06. The van der Waals surface area contributed by atoms with E-state index in [9.17, 15) is 19.5 Å². The van der Waals surface area contributed by atoms with Crippen LogP contribution >= 0.6 is 0 Å². The van der Waals surface area contributed by atoms with E-state index in [-0.39, 0.29) is 17.2 Å². The second-order valence-electron chi connectivity index (χ2n) is 7.87. The van der Waals surface area contributed by atoms with Gasteiger partial charge in [-0.2, -0.15) is 0 Å². The molecular formula is C26H23N3O5. The number of ketones is 1. The van der Waals surface area contributed by atoms with Crippen molar-refractivity contribution in [2.24, 2.45) is 0 Å². The summed E-state index contributed by atoms with van der Waals surface area (Å²) in [6, 6.07) is 14.2. The molecule has 1 saturated heterocycles. The smallest absolute Gasteiger partial charge is 0.300 e. The van der Waals surface area contributed by atoms with Gasteiger partial charge in [0, 0.05) is 36.3 Å². The molecule has 34 heavy (non-hydrogen) atoms. The molecule has 1 fully saturated rings. The molecule has 1 aliphatic rings. The fraction of sp³-hybridized carbons (Fsp3) is 0.154. The van der Waals surface area contributed by atoms with E-state index >= 15 is 0 Å². The van der Waals surface area contributed by atoms with Gasteiger partial charge in [0.1, 0.15) is 11.5 Å². The third kappa shape index (κ3) is 4.13. The first-order chi connectivity index (χ1) is 16.3. The van der Waals surface area contributed by atoms with Gasteiger partial charge in [-0.15, -0.1) is 0 Å². The van der Waals surface area contributed by atoms with Gasteiger partial charge in [-0.3, -0.25) is 24.3 Å². The topological polar surface area (TPSA) is 109 Å². The number of methoxy groups -OCH3 is 1. The summed E-state index contributed by atoms with van der Waals surface area (Å²) in [6.45, 7) is 3.16. The van der Waals surface area contributed by atoms with Crippen LogP contribution in [0.1, 0.15) is 29.7 Å². The van der Waals surface area contributed by atoms with Gasteiger partial charge in [-0.05, 0) is 60.5 Å². The number of amides is 2. The Morgan fingerprint density at radius 3 is 2.56 bits per heavy atom. The van der Waals surface area contributed by atoms with Crippen molar-refractivity contribution >= 4 is 34.7 Å². The summed E-state index contributed by atoms with van der Waals surface area (Å²) in [4.78, 5) is 43.5. The van der Waals surface area contributed by atoms with Gasteiger partial charge in [0.25, 0.3) is 11.7 Å². The molecule has 1 unspecified atom stereocenters. The predicted octanol–water partition coefficient (Wildman–Crippen LogP) is 3.98. The molecule has 8 heteroatoms.